The minimum absolute atomic E-state index is 0.282. The maximum Gasteiger partial charge on any atom is 0.124 e. The van der Waals surface area contributed by atoms with Crippen molar-refractivity contribution in [2.24, 2.45) is 5.73 Å². The predicted molar refractivity (Wildman–Crippen MR) is 74.0 cm³/mol. The lowest BCUT2D eigenvalue weighted by Crippen LogP contribution is -2.15. The van der Waals surface area contributed by atoms with Crippen LogP contribution < -0.4 is 5.73 Å². The van der Waals surface area contributed by atoms with Crippen molar-refractivity contribution in [1.29, 1.82) is 0 Å². The number of aromatic nitrogens is 1. The van der Waals surface area contributed by atoms with Crippen molar-refractivity contribution >= 4 is 27.5 Å². The zero-order valence-corrected chi connectivity index (χ0v) is 11.7. The summed E-state index contributed by atoms with van der Waals surface area (Å²) in [7, 11) is 0. The van der Waals surface area contributed by atoms with Gasteiger partial charge in [0, 0.05) is 10.7 Å². The lowest BCUT2D eigenvalue weighted by Gasteiger charge is -2.13. The standard InChI is InChI=1S/C13H11BrClFN2/c14-10-7-9(16)4-3-8(10)6-12(17)13-11(15)2-1-5-18-13/h1-5,7,12H,6,17H2. The van der Waals surface area contributed by atoms with Gasteiger partial charge in [0.2, 0.25) is 0 Å². The molecule has 0 radical (unpaired) electrons. The van der Waals surface area contributed by atoms with E-state index in [-0.39, 0.29) is 11.9 Å². The van der Waals surface area contributed by atoms with Gasteiger partial charge in [-0.2, -0.15) is 0 Å². The molecule has 0 fully saturated rings. The summed E-state index contributed by atoms with van der Waals surface area (Å²) in [6, 6.07) is 7.72. The van der Waals surface area contributed by atoms with Crippen LogP contribution in [0.5, 0.6) is 0 Å². The second-order valence-electron chi connectivity index (χ2n) is 3.92. The van der Waals surface area contributed by atoms with Crippen molar-refractivity contribution in [2.45, 2.75) is 12.5 Å². The Kier molecular flexibility index (Phi) is 4.32. The quantitative estimate of drug-likeness (QED) is 0.928. The van der Waals surface area contributed by atoms with Crippen LogP contribution in [0.3, 0.4) is 0 Å². The van der Waals surface area contributed by atoms with Gasteiger partial charge in [-0.05, 0) is 36.2 Å². The summed E-state index contributed by atoms with van der Waals surface area (Å²) in [5, 5.41) is 0.545. The first-order valence-electron chi connectivity index (χ1n) is 5.38. The second-order valence-corrected chi connectivity index (χ2v) is 5.18. The number of hydrogen-bond acceptors (Lipinski definition) is 2. The third kappa shape index (κ3) is 3.07. The molecular weight excluding hydrogens is 319 g/mol. The van der Waals surface area contributed by atoms with Crippen LogP contribution in [0.1, 0.15) is 17.3 Å². The number of pyridine rings is 1. The fraction of sp³-hybridized carbons (Fsp3) is 0.154. The number of nitrogens with two attached hydrogens (primary N) is 1. The molecule has 1 aromatic heterocycles. The van der Waals surface area contributed by atoms with Crippen LogP contribution in [0, 0.1) is 5.82 Å². The van der Waals surface area contributed by atoms with Gasteiger partial charge in [-0.3, -0.25) is 4.98 Å². The van der Waals surface area contributed by atoms with Crippen molar-refractivity contribution in [1.82, 2.24) is 4.98 Å². The molecule has 0 aliphatic heterocycles. The zero-order chi connectivity index (χ0) is 13.1. The van der Waals surface area contributed by atoms with Crippen LogP contribution in [0.15, 0.2) is 41.0 Å². The normalized spacial score (nSPS) is 12.4. The molecule has 1 aromatic carbocycles. The molecule has 2 rings (SSSR count). The Labute approximate surface area is 118 Å². The Morgan fingerprint density at radius 3 is 2.83 bits per heavy atom. The highest BCUT2D eigenvalue weighted by Gasteiger charge is 2.13. The first-order chi connectivity index (χ1) is 8.58. The van der Waals surface area contributed by atoms with Crippen LogP contribution in [-0.4, -0.2) is 4.98 Å². The van der Waals surface area contributed by atoms with E-state index in [1.807, 2.05) is 0 Å². The van der Waals surface area contributed by atoms with E-state index in [4.69, 9.17) is 17.3 Å². The molecule has 0 bridgehead atoms. The lowest BCUT2D eigenvalue weighted by molar-refractivity contribution is 0.623. The fourth-order valence-corrected chi connectivity index (χ4v) is 2.47. The number of rotatable bonds is 3. The highest BCUT2D eigenvalue weighted by Crippen LogP contribution is 2.25. The molecule has 2 nitrogen and oxygen atoms in total. The summed E-state index contributed by atoms with van der Waals surface area (Å²) in [6.45, 7) is 0. The van der Waals surface area contributed by atoms with Crippen LogP contribution in [0.2, 0.25) is 5.02 Å². The van der Waals surface area contributed by atoms with Crippen LogP contribution in [0.4, 0.5) is 4.39 Å². The largest absolute Gasteiger partial charge is 0.322 e. The highest BCUT2D eigenvalue weighted by atomic mass is 79.9. The fourth-order valence-electron chi connectivity index (χ4n) is 1.69. The SMILES string of the molecule is NC(Cc1ccc(F)cc1Br)c1ncccc1Cl. The van der Waals surface area contributed by atoms with Crippen LogP contribution >= 0.6 is 27.5 Å². The lowest BCUT2D eigenvalue weighted by atomic mass is 10.0. The summed E-state index contributed by atoms with van der Waals surface area (Å²) < 4.78 is 13.7. The van der Waals surface area contributed by atoms with E-state index in [9.17, 15) is 4.39 Å². The second kappa shape index (κ2) is 5.78. The summed E-state index contributed by atoms with van der Waals surface area (Å²) in [5.74, 6) is -0.282. The van der Waals surface area contributed by atoms with E-state index in [0.29, 0.717) is 21.6 Å². The highest BCUT2D eigenvalue weighted by molar-refractivity contribution is 9.10. The number of hydrogen-bond donors (Lipinski definition) is 1. The Hall–Kier alpha value is -0.970. The van der Waals surface area contributed by atoms with E-state index in [0.717, 1.165) is 5.56 Å². The van der Waals surface area contributed by atoms with Crippen LogP contribution in [-0.2, 0) is 6.42 Å². The van der Waals surface area contributed by atoms with Crippen molar-refractivity contribution in [3.8, 4) is 0 Å². The molecule has 0 saturated carbocycles. The monoisotopic (exact) mass is 328 g/mol. The molecule has 1 unspecified atom stereocenters. The van der Waals surface area contributed by atoms with Crippen LogP contribution in [0.25, 0.3) is 0 Å². The van der Waals surface area contributed by atoms with Gasteiger partial charge in [0.05, 0.1) is 16.8 Å². The molecule has 0 spiro atoms. The average Bonchev–Trinajstić information content (AvgIpc) is 2.33. The third-order valence-corrected chi connectivity index (χ3v) is 3.65. The molecule has 0 saturated heterocycles. The molecule has 18 heavy (non-hydrogen) atoms. The van der Waals surface area contributed by atoms with Gasteiger partial charge >= 0.3 is 0 Å². The number of halogens is 3. The maximum atomic E-state index is 13.0. The van der Waals surface area contributed by atoms with E-state index < -0.39 is 0 Å². The maximum absolute atomic E-state index is 13.0. The zero-order valence-electron chi connectivity index (χ0n) is 9.41. The van der Waals surface area contributed by atoms with Gasteiger partial charge in [-0.1, -0.05) is 33.6 Å². The smallest absolute Gasteiger partial charge is 0.124 e. The average molecular weight is 330 g/mol. The molecule has 5 heteroatoms. The topological polar surface area (TPSA) is 38.9 Å². The van der Waals surface area contributed by atoms with Crippen molar-refractivity contribution < 1.29 is 4.39 Å². The molecule has 94 valence electrons. The molecule has 1 atom stereocenters. The van der Waals surface area contributed by atoms with Crippen molar-refractivity contribution in [3.05, 3.63) is 63.1 Å². The molecule has 0 aliphatic carbocycles. The Morgan fingerprint density at radius 1 is 1.39 bits per heavy atom. The van der Waals surface area contributed by atoms with E-state index in [1.54, 1.807) is 24.4 Å². The Morgan fingerprint density at radius 2 is 2.17 bits per heavy atom. The van der Waals surface area contributed by atoms with Crippen molar-refractivity contribution in [3.63, 3.8) is 0 Å². The van der Waals surface area contributed by atoms with E-state index in [1.165, 1.54) is 12.1 Å². The minimum Gasteiger partial charge on any atom is -0.322 e. The molecule has 0 aliphatic rings. The summed E-state index contributed by atoms with van der Waals surface area (Å²) in [6.07, 6.45) is 2.19. The molecular formula is C13H11BrClFN2. The van der Waals surface area contributed by atoms with Gasteiger partial charge in [0.1, 0.15) is 5.82 Å². The number of benzene rings is 1. The Balaban J connectivity index is 2.21. The molecule has 2 N–H and O–H groups in total. The summed E-state index contributed by atoms with van der Waals surface area (Å²) in [5.41, 5.74) is 7.64. The molecule has 2 aromatic rings. The van der Waals surface area contributed by atoms with Gasteiger partial charge in [0.25, 0.3) is 0 Å². The first kappa shape index (κ1) is 13.5. The van der Waals surface area contributed by atoms with Crippen molar-refractivity contribution in [2.75, 3.05) is 0 Å². The molecule has 1 heterocycles. The van der Waals surface area contributed by atoms with Gasteiger partial charge < -0.3 is 5.73 Å². The molecule has 0 amide bonds. The third-order valence-electron chi connectivity index (χ3n) is 2.59. The van der Waals surface area contributed by atoms with Gasteiger partial charge in [-0.25, -0.2) is 4.39 Å². The summed E-state index contributed by atoms with van der Waals surface area (Å²) in [4.78, 5) is 4.18. The summed E-state index contributed by atoms with van der Waals surface area (Å²) >= 11 is 9.35. The van der Waals surface area contributed by atoms with E-state index >= 15 is 0 Å². The van der Waals surface area contributed by atoms with Gasteiger partial charge in [-0.15, -0.1) is 0 Å². The van der Waals surface area contributed by atoms with Gasteiger partial charge in [0.15, 0.2) is 0 Å². The Bertz CT molecular complexity index is 562. The minimum atomic E-state index is -0.319. The number of nitrogens with zero attached hydrogens (tertiary/aromatic N) is 1. The van der Waals surface area contributed by atoms with E-state index in [2.05, 4.69) is 20.9 Å². The predicted octanol–water partition coefficient (Wildman–Crippen LogP) is 3.88. The first-order valence-corrected chi connectivity index (χ1v) is 6.55.